The minimum Gasteiger partial charge on any atom is -0.493 e. The van der Waals surface area contributed by atoms with Crippen LogP contribution in [-0.4, -0.2) is 32.6 Å². The maximum absolute atomic E-state index is 12.7. The second-order valence-corrected chi connectivity index (χ2v) is 6.83. The second kappa shape index (κ2) is 7.19. The largest absolute Gasteiger partial charge is 0.493 e. The number of benzene rings is 2. The van der Waals surface area contributed by atoms with E-state index in [0.717, 1.165) is 0 Å². The highest BCUT2D eigenvalue weighted by atomic mass is 16.5. The molecule has 2 aromatic carbocycles. The number of para-hydroxylation sites is 1. The normalized spacial score (nSPS) is 14.9. The topological polar surface area (TPSA) is 85.9 Å². The molecular weight excluding hydrogens is 348 g/mol. The first-order chi connectivity index (χ1) is 12.9. The van der Waals surface area contributed by atoms with Crippen molar-refractivity contribution in [2.24, 2.45) is 5.41 Å². The SMILES string of the molecule is COc1cccc(C(=O)Nc2ccc3c(c2)NC(=O)C(C)(C)CO3)c1OC. The molecule has 0 saturated carbocycles. The molecular formula is C20H22N2O5. The Kier molecular flexibility index (Phi) is 4.94. The van der Waals surface area contributed by atoms with Crippen molar-refractivity contribution in [3.63, 3.8) is 0 Å². The molecule has 1 heterocycles. The van der Waals surface area contributed by atoms with E-state index < -0.39 is 5.41 Å². The Balaban J connectivity index is 1.86. The van der Waals surface area contributed by atoms with E-state index in [1.54, 1.807) is 36.4 Å². The highest BCUT2D eigenvalue weighted by Crippen LogP contribution is 2.35. The fraction of sp³-hybridized carbons (Fsp3) is 0.300. The molecule has 7 heteroatoms. The van der Waals surface area contributed by atoms with Gasteiger partial charge in [-0.2, -0.15) is 0 Å². The van der Waals surface area contributed by atoms with E-state index in [-0.39, 0.29) is 18.4 Å². The molecule has 0 unspecified atom stereocenters. The van der Waals surface area contributed by atoms with Crippen LogP contribution in [0.4, 0.5) is 11.4 Å². The molecule has 0 atom stereocenters. The van der Waals surface area contributed by atoms with Crippen molar-refractivity contribution in [3.05, 3.63) is 42.0 Å². The van der Waals surface area contributed by atoms with Gasteiger partial charge >= 0.3 is 0 Å². The Morgan fingerprint density at radius 2 is 1.96 bits per heavy atom. The smallest absolute Gasteiger partial charge is 0.259 e. The summed E-state index contributed by atoms with van der Waals surface area (Å²) in [7, 11) is 2.99. The summed E-state index contributed by atoms with van der Waals surface area (Å²) in [5.41, 5.74) is 0.734. The van der Waals surface area contributed by atoms with Crippen molar-refractivity contribution in [3.8, 4) is 17.2 Å². The molecule has 142 valence electrons. The van der Waals surface area contributed by atoms with E-state index in [2.05, 4.69) is 10.6 Å². The highest BCUT2D eigenvalue weighted by molar-refractivity contribution is 6.07. The number of ether oxygens (including phenoxy) is 3. The van der Waals surface area contributed by atoms with Gasteiger partial charge in [0.25, 0.3) is 5.91 Å². The number of fused-ring (bicyclic) bond motifs is 1. The number of rotatable bonds is 4. The number of amides is 2. The van der Waals surface area contributed by atoms with Gasteiger partial charge in [-0.15, -0.1) is 0 Å². The molecule has 1 aliphatic rings. The number of carbonyl (C=O) groups excluding carboxylic acids is 2. The van der Waals surface area contributed by atoms with Gasteiger partial charge in [0.1, 0.15) is 12.4 Å². The molecule has 0 bridgehead atoms. The van der Waals surface area contributed by atoms with E-state index in [0.29, 0.717) is 34.2 Å². The third-order valence-corrected chi connectivity index (χ3v) is 4.34. The lowest BCUT2D eigenvalue weighted by molar-refractivity contribution is -0.124. The molecule has 0 radical (unpaired) electrons. The van der Waals surface area contributed by atoms with Gasteiger partial charge in [-0.1, -0.05) is 6.07 Å². The summed E-state index contributed by atoms with van der Waals surface area (Å²) in [5.74, 6) is 0.887. The minimum absolute atomic E-state index is 0.140. The van der Waals surface area contributed by atoms with Gasteiger partial charge in [0, 0.05) is 5.69 Å². The Hall–Kier alpha value is -3.22. The van der Waals surface area contributed by atoms with E-state index >= 15 is 0 Å². The number of hydrogen-bond donors (Lipinski definition) is 2. The van der Waals surface area contributed by atoms with Crippen molar-refractivity contribution in [1.29, 1.82) is 0 Å². The molecule has 3 rings (SSSR count). The van der Waals surface area contributed by atoms with Crippen LogP contribution in [0.25, 0.3) is 0 Å². The molecule has 0 spiro atoms. The van der Waals surface area contributed by atoms with Crippen LogP contribution in [-0.2, 0) is 4.79 Å². The molecule has 0 fully saturated rings. The lowest BCUT2D eigenvalue weighted by atomic mass is 9.94. The van der Waals surface area contributed by atoms with Crippen LogP contribution in [0.5, 0.6) is 17.2 Å². The monoisotopic (exact) mass is 370 g/mol. The maximum atomic E-state index is 12.7. The number of anilines is 2. The predicted octanol–water partition coefficient (Wildman–Crippen LogP) is 3.31. The van der Waals surface area contributed by atoms with Crippen molar-refractivity contribution in [2.75, 3.05) is 31.5 Å². The van der Waals surface area contributed by atoms with Crippen LogP contribution in [0.2, 0.25) is 0 Å². The molecule has 7 nitrogen and oxygen atoms in total. The minimum atomic E-state index is -0.642. The molecule has 0 saturated heterocycles. The van der Waals surface area contributed by atoms with Crippen LogP contribution in [0.3, 0.4) is 0 Å². The van der Waals surface area contributed by atoms with Crippen LogP contribution in [0.1, 0.15) is 24.2 Å². The van der Waals surface area contributed by atoms with E-state index in [4.69, 9.17) is 14.2 Å². The molecule has 27 heavy (non-hydrogen) atoms. The van der Waals surface area contributed by atoms with Crippen molar-refractivity contribution in [1.82, 2.24) is 0 Å². The van der Waals surface area contributed by atoms with Gasteiger partial charge in [0.2, 0.25) is 5.91 Å². The average Bonchev–Trinajstić information content (AvgIpc) is 2.76. The number of hydrogen-bond acceptors (Lipinski definition) is 5. The van der Waals surface area contributed by atoms with Crippen LogP contribution in [0, 0.1) is 5.41 Å². The maximum Gasteiger partial charge on any atom is 0.259 e. The third kappa shape index (κ3) is 3.67. The predicted molar refractivity (Wildman–Crippen MR) is 102 cm³/mol. The lowest BCUT2D eigenvalue weighted by Crippen LogP contribution is -2.33. The second-order valence-electron chi connectivity index (χ2n) is 6.83. The van der Waals surface area contributed by atoms with Gasteiger partial charge in [-0.3, -0.25) is 9.59 Å². The zero-order valence-electron chi connectivity index (χ0n) is 15.7. The lowest BCUT2D eigenvalue weighted by Gasteiger charge is -2.18. The highest BCUT2D eigenvalue weighted by Gasteiger charge is 2.32. The van der Waals surface area contributed by atoms with Crippen molar-refractivity contribution in [2.45, 2.75) is 13.8 Å². The molecule has 2 aromatic rings. The summed E-state index contributed by atoms with van der Waals surface area (Å²) in [6, 6.07) is 10.2. The average molecular weight is 370 g/mol. The number of nitrogens with one attached hydrogen (secondary N) is 2. The van der Waals surface area contributed by atoms with E-state index in [1.165, 1.54) is 14.2 Å². The van der Waals surface area contributed by atoms with Crippen LogP contribution >= 0.6 is 0 Å². The Morgan fingerprint density at radius 1 is 1.19 bits per heavy atom. The quantitative estimate of drug-likeness (QED) is 0.862. The molecule has 0 aliphatic carbocycles. The molecule has 1 aliphatic heterocycles. The first-order valence-electron chi connectivity index (χ1n) is 8.46. The van der Waals surface area contributed by atoms with Gasteiger partial charge in [0.05, 0.1) is 30.9 Å². The Bertz CT molecular complexity index is 892. The summed E-state index contributed by atoms with van der Waals surface area (Å²) in [6.07, 6.45) is 0. The third-order valence-electron chi connectivity index (χ3n) is 4.34. The van der Waals surface area contributed by atoms with Crippen LogP contribution in [0.15, 0.2) is 36.4 Å². The Labute approximate surface area is 157 Å². The zero-order chi connectivity index (χ0) is 19.6. The summed E-state index contributed by atoms with van der Waals surface area (Å²) in [5, 5.41) is 5.66. The number of carbonyl (C=O) groups is 2. The summed E-state index contributed by atoms with van der Waals surface area (Å²) in [6.45, 7) is 3.90. The summed E-state index contributed by atoms with van der Waals surface area (Å²) >= 11 is 0. The summed E-state index contributed by atoms with van der Waals surface area (Å²) < 4.78 is 16.2. The summed E-state index contributed by atoms with van der Waals surface area (Å²) in [4.78, 5) is 25.0. The van der Waals surface area contributed by atoms with Crippen molar-refractivity contribution >= 4 is 23.2 Å². The Morgan fingerprint density at radius 3 is 2.67 bits per heavy atom. The van der Waals surface area contributed by atoms with Gasteiger partial charge in [-0.05, 0) is 44.2 Å². The van der Waals surface area contributed by atoms with Crippen molar-refractivity contribution < 1.29 is 23.8 Å². The fourth-order valence-electron chi connectivity index (χ4n) is 2.71. The first-order valence-corrected chi connectivity index (χ1v) is 8.46. The van der Waals surface area contributed by atoms with Gasteiger partial charge < -0.3 is 24.8 Å². The fourth-order valence-corrected chi connectivity index (χ4v) is 2.71. The zero-order valence-corrected chi connectivity index (χ0v) is 15.7. The molecule has 2 amide bonds. The molecule has 0 aromatic heterocycles. The van der Waals surface area contributed by atoms with Crippen LogP contribution < -0.4 is 24.8 Å². The van der Waals surface area contributed by atoms with E-state index in [1.807, 2.05) is 13.8 Å². The van der Waals surface area contributed by atoms with Gasteiger partial charge in [0.15, 0.2) is 11.5 Å². The first kappa shape index (κ1) is 18.6. The van der Waals surface area contributed by atoms with Gasteiger partial charge in [-0.25, -0.2) is 0 Å². The molecule has 2 N–H and O–H groups in total. The standard InChI is InChI=1S/C20H22N2O5/c1-20(2)11-27-15-9-8-12(10-14(15)22-19(20)24)21-18(23)13-6-5-7-16(25-3)17(13)26-4/h5-10H,11H2,1-4H3,(H,21,23)(H,22,24). The number of methoxy groups -OCH3 is 2. The van der Waals surface area contributed by atoms with E-state index in [9.17, 15) is 9.59 Å².